The molecule has 2 aliphatic rings. The van der Waals surface area contributed by atoms with Crippen LogP contribution in [0.3, 0.4) is 0 Å². The van der Waals surface area contributed by atoms with Gasteiger partial charge in [-0.1, -0.05) is 48.5 Å². The highest BCUT2D eigenvalue weighted by Gasteiger charge is 2.43. The zero-order valence-electron chi connectivity index (χ0n) is 18.7. The van der Waals surface area contributed by atoms with Crippen LogP contribution >= 0.6 is 15.9 Å². The number of aliphatic carboxylic acids is 1. The number of carboxylic acids is 1. The summed E-state index contributed by atoms with van der Waals surface area (Å²) >= 11 is 3.40. The van der Waals surface area contributed by atoms with E-state index in [1.54, 1.807) is 18.2 Å². The Morgan fingerprint density at radius 3 is 2.23 bits per heavy atom. The summed E-state index contributed by atoms with van der Waals surface area (Å²) in [7, 11) is 0. The van der Waals surface area contributed by atoms with E-state index in [9.17, 15) is 14.4 Å². The van der Waals surface area contributed by atoms with Crippen LogP contribution in [0.25, 0.3) is 11.1 Å². The average Bonchev–Trinajstić information content (AvgIpc) is 3.58. The van der Waals surface area contributed by atoms with Gasteiger partial charge in [0.1, 0.15) is 6.61 Å². The highest BCUT2D eigenvalue weighted by atomic mass is 79.9. The largest absolute Gasteiger partial charge is 0.481 e. The molecular weight excluding hydrogens is 512 g/mol. The Labute approximate surface area is 210 Å². The van der Waals surface area contributed by atoms with Crippen molar-refractivity contribution in [3.63, 3.8) is 0 Å². The molecule has 1 saturated carbocycles. The molecule has 3 aromatic rings. The molecular formula is C27H23BrN2O5. The van der Waals surface area contributed by atoms with E-state index in [0.717, 1.165) is 22.3 Å². The van der Waals surface area contributed by atoms with Crippen LogP contribution in [-0.4, -0.2) is 36.2 Å². The molecule has 0 unspecified atom stereocenters. The molecule has 7 nitrogen and oxygen atoms in total. The van der Waals surface area contributed by atoms with Gasteiger partial charge in [-0.25, -0.2) is 4.79 Å². The number of halogens is 1. The number of amides is 2. The minimum Gasteiger partial charge on any atom is -0.481 e. The molecule has 2 amide bonds. The monoisotopic (exact) mass is 534 g/mol. The number of anilines is 1. The van der Waals surface area contributed by atoms with Crippen LogP contribution < -0.4 is 10.6 Å². The van der Waals surface area contributed by atoms with E-state index in [-0.39, 0.29) is 30.3 Å². The maximum atomic E-state index is 12.6. The van der Waals surface area contributed by atoms with Crippen molar-refractivity contribution < 1.29 is 24.2 Å². The Morgan fingerprint density at radius 1 is 0.971 bits per heavy atom. The van der Waals surface area contributed by atoms with Crippen molar-refractivity contribution in [2.24, 2.45) is 11.8 Å². The first-order valence-electron chi connectivity index (χ1n) is 11.3. The molecule has 8 heteroatoms. The molecule has 0 aliphatic heterocycles. The molecule has 35 heavy (non-hydrogen) atoms. The second-order valence-electron chi connectivity index (χ2n) is 8.80. The molecule has 0 aromatic heterocycles. The zero-order chi connectivity index (χ0) is 24.5. The number of carboxylic acid groups (broad SMARTS) is 1. The lowest BCUT2D eigenvalue weighted by atomic mass is 9.98. The summed E-state index contributed by atoms with van der Waals surface area (Å²) in [6, 6.07) is 21.1. The van der Waals surface area contributed by atoms with E-state index in [1.165, 1.54) is 0 Å². The van der Waals surface area contributed by atoms with Crippen molar-refractivity contribution in [2.45, 2.75) is 12.3 Å². The molecule has 2 atom stereocenters. The number of rotatable bonds is 7. The van der Waals surface area contributed by atoms with Crippen molar-refractivity contribution in [2.75, 3.05) is 18.5 Å². The topological polar surface area (TPSA) is 105 Å². The van der Waals surface area contributed by atoms with Crippen LogP contribution in [0, 0.1) is 11.8 Å². The number of hydrogen-bond donors (Lipinski definition) is 3. The third kappa shape index (κ3) is 4.79. The van der Waals surface area contributed by atoms with E-state index in [1.807, 2.05) is 24.3 Å². The van der Waals surface area contributed by atoms with Crippen molar-refractivity contribution >= 4 is 39.6 Å². The van der Waals surface area contributed by atoms with Crippen LogP contribution in [0.5, 0.6) is 0 Å². The normalized spacial score (nSPS) is 17.7. The van der Waals surface area contributed by atoms with Gasteiger partial charge in [0.2, 0.25) is 0 Å². The maximum absolute atomic E-state index is 12.6. The first-order chi connectivity index (χ1) is 16.9. The maximum Gasteiger partial charge on any atom is 0.411 e. The van der Waals surface area contributed by atoms with Crippen LogP contribution in [0.2, 0.25) is 0 Å². The van der Waals surface area contributed by atoms with E-state index in [4.69, 9.17) is 9.84 Å². The minimum atomic E-state index is -0.823. The molecule has 0 saturated heterocycles. The van der Waals surface area contributed by atoms with Crippen molar-refractivity contribution in [3.8, 4) is 11.1 Å². The van der Waals surface area contributed by atoms with Gasteiger partial charge in [-0.3, -0.25) is 14.9 Å². The highest BCUT2D eigenvalue weighted by Crippen LogP contribution is 2.44. The number of fused-ring (bicyclic) bond motifs is 3. The minimum absolute atomic E-state index is 0.0191. The summed E-state index contributed by atoms with van der Waals surface area (Å²) in [5, 5.41) is 14.5. The molecule has 2 aliphatic carbocycles. The van der Waals surface area contributed by atoms with Crippen LogP contribution in [0.1, 0.15) is 33.8 Å². The number of carbonyl (C=O) groups is 3. The van der Waals surface area contributed by atoms with Gasteiger partial charge in [0.15, 0.2) is 0 Å². The third-order valence-electron chi connectivity index (χ3n) is 6.58. The Balaban J connectivity index is 1.18. The lowest BCUT2D eigenvalue weighted by molar-refractivity contribution is -0.138. The second-order valence-corrected chi connectivity index (χ2v) is 9.65. The second kappa shape index (κ2) is 9.54. The quantitative estimate of drug-likeness (QED) is 0.383. The van der Waals surface area contributed by atoms with Crippen molar-refractivity contribution in [1.82, 2.24) is 5.32 Å². The zero-order valence-corrected chi connectivity index (χ0v) is 20.2. The number of nitrogens with one attached hydrogen (secondary N) is 2. The molecule has 0 heterocycles. The fourth-order valence-corrected chi connectivity index (χ4v) is 5.08. The Hall–Kier alpha value is -3.65. The van der Waals surface area contributed by atoms with E-state index in [0.29, 0.717) is 28.7 Å². The Bertz CT molecular complexity index is 1280. The molecule has 1 fully saturated rings. The molecule has 3 aromatic carbocycles. The average molecular weight is 535 g/mol. The van der Waals surface area contributed by atoms with Crippen molar-refractivity contribution in [3.05, 3.63) is 87.9 Å². The molecule has 0 spiro atoms. The SMILES string of the molecule is O=C(Nc1ccc(C(=O)NC[C@@H]2C[C@@H]2C(=O)O)cc1Br)OCC1c2ccccc2-c2ccccc21. The summed E-state index contributed by atoms with van der Waals surface area (Å²) in [5.74, 6) is -1.54. The summed E-state index contributed by atoms with van der Waals surface area (Å²) in [6.45, 7) is 0.531. The lowest BCUT2D eigenvalue weighted by Gasteiger charge is -2.15. The fourth-order valence-electron chi connectivity index (χ4n) is 4.60. The van der Waals surface area contributed by atoms with Gasteiger partial charge >= 0.3 is 12.1 Å². The third-order valence-corrected chi connectivity index (χ3v) is 7.23. The van der Waals surface area contributed by atoms with Gasteiger partial charge in [0.25, 0.3) is 5.91 Å². The van der Waals surface area contributed by atoms with Crippen molar-refractivity contribution in [1.29, 1.82) is 0 Å². The van der Waals surface area contributed by atoms with Crippen LogP contribution in [0.4, 0.5) is 10.5 Å². The summed E-state index contributed by atoms with van der Waals surface area (Å²) < 4.78 is 6.12. The van der Waals surface area contributed by atoms with E-state index >= 15 is 0 Å². The summed E-state index contributed by atoms with van der Waals surface area (Å²) in [4.78, 5) is 35.9. The van der Waals surface area contributed by atoms with Crippen LogP contribution in [0.15, 0.2) is 71.2 Å². The molecule has 0 bridgehead atoms. The number of ether oxygens (including phenoxy) is 1. The van der Waals surface area contributed by atoms with Crippen LogP contribution in [-0.2, 0) is 9.53 Å². The number of hydrogen-bond acceptors (Lipinski definition) is 4. The standard InChI is InChI=1S/C27H23BrN2O5/c28-23-12-15(25(31)29-13-16-11-21(16)26(32)33)9-10-24(23)30-27(34)35-14-22-19-7-3-1-5-17(19)18-6-2-4-8-20(18)22/h1-10,12,16,21-22H,11,13-14H2,(H,29,31)(H,30,34)(H,32,33)/t16-,21-/m0/s1. The first-order valence-corrected chi connectivity index (χ1v) is 12.1. The van der Waals surface area contributed by atoms with Gasteiger partial charge in [0.05, 0.1) is 11.6 Å². The number of benzene rings is 3. The van der Waals surface area contributed by atoms with Gasteiger partial charge in [-0.15, -0.1) is 0 Å². The fraction of sp³-hybridized carbons (Fsp3) is 0.222. The van der Waals surface area contributed by atoms with E-state index < -0.39 is 12.1 Å². The van der Waals surface area contributed by atoms with E-state index in [2.05, 4.69) is 50.8 Å². The molecule has 3 N–H and O–H groups in total. The lowest BCUT2D eigenvalue weighted by Crippen LogP contribution is -2.26. The van der Waals surface area contributed by atoms with Gasteiger partial charge in [-0.2, -0.15) is 0 Å². The summed E-state index contributed by atoms with van der Waals surface area (Å²) in [6.07, 6.45) is 0.000628. The Kier molecular flexibility index (Phi) is 6.30. The Morgan fingerprint density at radius 2 is 1.63 bits per heavy atom. The first kappa shape index (κ1) is 23.1. The smallest absolute Gasteiger partial charge is 0.411 e. The number of carbonyl (C=O) groups excluding carboxylic acids is 2. The van der Waals surface area contributed by atoms with Gasteiger partial charge < -0.3 is 15.2 Å². The highest BCUT2D eigenvalue weighted by molar-refractivity contribution is 9.10. The van der Waals surface area contributed by atoms with Gasteiger partial charge in [-0.05, 0) is 68.7 Å². The van der Waals surface area contributed by atoms with Gasteiger partial charge in [0, 0.05) is 22.5 Å². The molecule has 5 rings (SSSR count). The predicted octanol–water partition coefficient (Wildman–Crippen LogP) is 5.26. The summed E-state index contributed by atoms with van der Waals surface area (Å²) in [5.41, 5.74) is 5.48. The molecule has 178 valence electrons. The predicted molar refractivity (Wildman–Crippen MR) is 134 cm³/mol. The molecule has 0 radical (unpaired) electrons.